The van der Waals surface area contributed by atoms with Crippen LogP contribution >= 0.6 is 0 Å². The van der Waals surface area contributed by atoms with Crippen LogP contribution in [0.3, 0.4) is 0 Å². The third-order valence-electron chi connectivity index (χ3n) is 3.71. The predicted octanol–water partition coefficient (Wildman–Crippen LogP) is 1.86. The van der Waals surface area contributed by atoms with Gasteiger partial charge < -0.3 is 21.2 Å². The zero-order chi connectivity index (χ0) is 14.7. The smallest absolute Gasteiger partial charge is 0.144 e. The molecule has 0 spiro atoms. The van der Waals surface area contributed by atoms with Crippen LogP contribution in [-0.4, -0.2) is 48.7 Å². The van der Waals surface area contributed by atoms with Crippen molar-refractivity contribution in [1.82, 2.24) is 10.2 Å². The Kier molecular flexibility index (Phi) is 9.61. The predicted molar refractivity (Wildman–Crippen MR) is 81.7 cm³/mol. The highest BCUT2D eigenvalue weighted by Crippen LogP contribution is 2.22. The number of unbranched alkanes of at least 4 members (excludes halogenated alkanes) is 1. The van der Waals surface area contributed by atoms with Crippen LogP contribution in [-0.2, 0) is 0 Å². The van der Waals surface area contributed by atoms with Gasteiger partial charge in [-0.25, -0.2) is 0 Å². The van der Waals surface area contributed by atoms with Gasteiger partial charge in [0.05, 0.1) is 0 Å². The van der Waals surface area contributed by atoms with Crippen molar-refractivity contribution in [2.24, 2.45) is 16.3 Å². The first kappa shape index (κ1) is 18.2. The average Bonchev–Trinajstić information content (AvgIpc) is 2.41. The number of amidine groups is 1. The normalized spacial score (nSPS) is 13.2. The zero-order valence-corrected chi connectivity index (χ0v) is 13.1. The van der Waals surface area contributed by atoms with Crippen LogP contribution in [0.4, 0.5) is 0 Å². The Balaban J connectivity index is 3.56. The third-order valence-corrected chi connectivity index (χ3v) is 3.71. The molecular weight excluding hydrogens is 240 g/mol. The highest BCUT2D eigenvalue weighted by molar-refractivity contribution is 5.85. The van der Waals surface area contributed by atoms with Crippen molar-refractivity contribution in [3.8, 4) is 0 Å². The van der Waals surface area contributed by atoms with Crippen LogP contribution in [0.5, 0.6) is 0 Å². The summed E-state index contributed by atoms with van der Waals surface area (Å²) in [6, 6.07) is 0. The molecule has 0 fully saturated rings. The van der Waals surface area contributed by atoms with Crippen LogP contribution in [0.15, 0.2) is 5.16 Å². The SMILES string of the molecule is CCN(CC)CCNCCCCC(C)(C)C(N)=NO. The summed E-state index contributed by atoms with van der Waals surface area (Å²) in [6.45, 7) is 13.8. The van der Waals surface area contributed by atoms with E-state index in [9.17, 15) is 0 Å². The van der Waals surface area contributed by atoms with E-state index in [1.165, 1.54) is 0 Å². The van der Waals surface area contributed by atoms with Gasteiger partial charge in [-0.1, -0.05) is 39.3 Å². The van der Waals surface area contributed by atoms with Crippen molar-refractivity contribution < 1.29 is 5.21 Å². The second kappa shape index (κ2) is 10.0. The first-order valence-corrected chi connectivity index (χ1v) is 7.39. The first-order chi connectivity index (χ1) is 8.97. The van der Waals surface area contributed by atoms with Gasteiger partial charge in [0.1, 0.15) is 5.84 Å². The minimum absolute atomic E-state index is 0.212. The molecule has 0 heterocycles. The van der Waals surface area contributed by atoms with Gasteiger partial charge in [0.2, 0.25) is 0 Å². The zero-order valence-electron chi connectivity index (χ0n) is 13.1. The number of nitrogens with two attached hydrogens (primary N) is 1. The summed E-state index contributed by atoms with van der Waals surface area (Å²) < 4.78 is 0. The lowest BCUT2D eigenvalue weighted by molar-refractivity contribution is 0.300. The molecule has 0 aromatic carbocycles. The molecule has 0 saturated carbocycles. The molecule has 0 aliphatic heterocycles. The summed E-state index contributed by atoms with van der Waals surface area (Å²) in [7, 11) is 0. The molecule has 0 saturated heterocycles. The number of nitrogens with one attached hydrogen (secondary N) is 1. The topological polar surface area (TPSA) is 73.9 Å². The number of rotatable bonds is 11. The molecule has 4 N–H and O–H groups in total. The maximum Gasteiger partial charge on any atom is 0.144 e. The molecule has 0 aromatic rings. The van der Waals surface area contributed by atoms with Crippen molar-refractivity contribution in [2.45, 2.75) is 47.0 Å². The van der Waals surface area contributed by atoms with E-state index >= 15 is 0 Å². The van der Waals surface area contributed by atoms with Gasteiger partial charge in [0.15, 0.2) is 0 Å². The maximum atomic E-state index is 8.69. The second-order valence-corrected chi connectivity index (χ2v) is 5.60. The van der Waals surface area contributed by atoms with E-state index in [-0.39, 0.29) is 5.41 Å². The van der Waals surface area contributed by atoms with Crippen LogP contribution in [0.1, 0.15) is 47.0 Å². The van der Waals surface area contributed by atoms with E-state index in [2.05, 4.69) is 29.2 Å². The molecule has 0 amide bonds. The minimum atomic E-state index is -0.212. The Hall–Kier alpha value is -0.810. The molecule has 5 nitrogen and oxygen atoms in total. The van der Waals surface area contributed by atoms with Gasteiger partial charge in [-0.3, -0.25) is 0 Å². The highest BCUT2D eigenvalue weighted by atomic mass is 16.4. The van der Waals surface area contributed by atoms with E-state index in [0.717, 1.165) is 52.0 Å². The fourth-order valence-electron chi connectivity index (χ4n) is 1.98. The summed E-state index contributed by atoms with van der Waals surface area (Å²) in [6.07, 6.45) is 3.16. The third kappa shape index (κ3) is 8.06. The molecule has 0 aliphatic carbocycles. The molecule has 0 unspecified atom stereocenters. The van der Waals surface area contributed by atoms with Gasteiger partial charge in [0, 0.05) is 18.5 Å². The maximum absolute atomic E-state index is 8.69. The lowest BCUT2D eigenvalue weighted by atomic mass is 9.86. The molecule has 114 valence electrons. The van der Waals surface area contributed by atoms with Gasteiger partial charge in [-0.15, -0.1) is 0 Å². The van der Waals surface area contributed by atoms with Crippen molar-refractivity contribution in [2.75, 3.05) is 32.7 Å². The summed E-state index contributed by atoms with van der Waals surface area (Å²) in [5.74, 6) is 0.321. The van der Waals surface area contributed by atoms with Crippen molar-refractivity contribution >= 4 is 5.84 Å². The Morgan fingerprint density at radius 3 is 2.37 bits per heavy atom. The Morgan fingerprint density at radius 1 is 1.21 bits per heavy atom. The largest absolute Gasteiger partial charge is 0.409 e. The van der Waals surface area contributed by atoms with Crippen molar-refractivity contribution in [1.29, 1.82) is 0 Å². The van der Waals surface area contributed by atoms with E-state index < -0.39 is 0 Å². The van der Waals surface area contributed by atoms with E-state index in [0.29, 0.717) is 5.84 Å². The van der Waals surface area contributed by atoms with E-state index in [1.54, 1.807) is 0 Å². The molecule has 0 atom stereocenters. The van der Waals surface area contributed by atoms with Gasteiger partial charge >= 0.3 is 0 Å². The van der Waals surface area contributed by atoms with E-state index in [4.69, 9.17) is 10.9 Å². The summed E-state index contributed by atoms with van der Waals surface area (Å²) in [5, 5.41) is 15.2. The van der Waals surface area contributed by atoms with E-state index in [1.807, 2.05) is 13.8 Å². The summed E-state index contributed by atoms with van der Waals surface area (Å²) in [4.78, 5) is 2.41. The highest BCUT2D eigenvalue weighted by Gasteiger charge is 2.22. The molecule has 0 aliphatic rings. The van der Waals surface area contributed by atoms with Crippen LogP contribution < -0.4 is 11.1 Å². The van der Waals surface area contributed by atoms with Gasteiger partial charge in [0.25, 0.3) is 0 Å². The Labute approximate surface area is 118 Å². The number of nitrogens with zero attached hydrogens (tertiary/aromatic N) is 2. The first-order valence-electron chi connectivity index (χ1n) is 7.39. The van der Waals surface area contributed by atoms with Crippen molar-refractivity contribution in [3.05, 3.63) is 0 Å². The number of hydrogen-bond donors (Lipinski definition) is 3. The van der Waals surface area contributed by atoms with Crippen LogP contribution in [0.2, 0.25) is 0 Å². The fourth-order valence-corrected chi connectivity index (χ4v) is 1.98. The summed E-state index contributed by atoms with van der Waals surface area (Å²) >= 11 is 0. The number of hydrogen-bond acceptors (Lipinski definition) is 4. The number of oxime groups is 1. The molecule has 0 bridgehead atoms. The minimum Gasteiger partial charge on any atom is -0.409 e. The van der Waals surface area contributed by atoms with Gasteiger partial charge in [-0.2, -0.15) is 0 Å². The standard InChI is InChI=1S/C14H32N4O/c1-5-18(6-2)12-11-16-10-8-7-9-14(3,4)13(15)17-19/h16,19H,5-12H2,1-4H3,(H2,15,17). The quantitative estimate of drug-likeness (QED) is 0.176. The Bertz CT molecular complexity index is 250. The molecule has 5 heteroatoms. The molecule has 19 heavy (non-hydrogen) atoms. The van der Waals surface area contributed by atoms with Crippen molar-refractivity contribution in [3.63, 3.8) is 0 Å². The molecule has 0 rings (SSSR count). The van der Waals surface area contributed by atoms with Gasteiger partial charge in [-0.05, 0) is 32.5 Å². The second-order valence-electron chi connectivity index (χ2n) is 5.60. The average molecular weight is 272 g/mol. The summed E-state index contributed by atoms with van der Waals surface area (Å²) in [5.41, 5.74) is 5.44. The lowest BCUT2D eigenvalue weighted by Crippen LogP contribution is -2.33. The number of likely N-dealkylation sites (N-methyl/N-ethyl adjacent to an activating group) is 1. The lowest BCUT2D eigenvalue weighted by Gasteiger charge is -2.22. The molecular formula is C14H32N4O. The Morgan fingerprint density at radius 2 is 1.84 bits per heavy atom. The molecule has 0 radical (unpaired) electrons. The molecule has 0 aromatic heterocycles. The monoisotopic (exact) mass is 272 g/mol. The van der Waals surface area contributed by atoms with Crippen LogP contribution in [0, 0.1) is 5.41 Å². The van der Waals surface area contributed by atoms with Crippen LogP contribution in [0.25, 0.3) is 0 Å². The fraction of sp³-hybridized carbons (Fsp3) is 0.929.